The smallest absolute Gasteiger partial charge is 0.475 e. The summed E-state index contributed by atoms with van der Waals surface area (Å²) in [5, 5.41) is 17.8. The van der Waals surface area contributed by atoms with Gasteiger partial charge in [0.2, 0.25) is 0 Å². The number of carboxylic acid groups (broad SMARTS) is 2. The number of alkyl halides is 6. The Morgan fingerprint density at radius 3 is 2.16 bits per heavy atom. The molecule has 2 fully saturated rings. The zero-order valence-electron chi connectivity index (χ0n) is 20.4. The second kappa shape index (κ2) is 12.8. The Labute approximate surface area is 210 Å². The van der Waals surface area contributed by atoms with Crippen molar-refractivity contribution in [3.63, 3.8) is 0 Å². The van der Waals surface area contributed by atoms with Gasteiger partial charge in [-0.15, -0.1) is 0 Å². The minimum absolute atomic E-state index is 0.170. The third-order valence-electron chi connectivity index (χ3n) is 5.96. The Bertz CT molecular complexity index is 899. The minimum atomic E-state index is -5.08. The average molecular weight is 544 g/mol. The lowest BCUT2D eigenvalue weighted by molar-refractivity contribution is -0.193. The van der Waals surface area contributed by atoms with Gasteiger partial charge in [-0.3, -0.25) is 0 Å². The van der Waals surface area contributed by atoms with E-state index in [1.165, 1.54) is 24.2 Å². The van der Waals surface area contributed by atoms with Crippen LogP contribution in [0.2, 0.25) is 0 Å². The lowest BCUT2D eigenvalue weighted by Crippen LogP contribution is -2.55. The first-order valence-electron chi connectivity index (χ1n) is 11.9. The van der Waals surface area contributed by atoms with Crippen molar-refractivity contribution in [1.82, 2.24) is 10.3 Å². The van der Waals surface area contributed by atoms with Crippen LogP contribution < -0.4 is 10.2 Å². The number of hydrogen-bond acceptors (Lipinski definition) is 6. The molecule has 3 N–H and O–H groups in total. The number of piperazine rings is 1. The van der Waals surface area contributed by atoms with Crippen LogP contribution in [0.5, 0.6) is 0 Å². The highest BCUT2D eigenvalue weighted by atomic mass is 19.4. The normalized spacial score (nSPS) is 21.5. The molecule has 1 aromatic heterocycles. The summed E-state index contributed by atoms with van der Waals surface area (Å²) in [6, 6.07) is 5.61. The van der Waals surface area contributed by atoms with E-state index in [0.717, 1.165) is 50.6 Å². The topological polar surface area (TPSA) is 112 Å². The van der Waals surface area contributed by atoms with Crippen molar-refractivity contribution >= 4 is 17.8 Å². The van der Waals surface area contributed by atoms with Gasteiger partial charge in [0.1, 0.15) is 5.82 Å². The van der Waals surface area contributed by atoms with Crippen LogP contribution in [0.15, 0.2) is 12.1 Å². The summed E-state index contributed by atoms with van der Waals surface area (Å²) in [6.45, 7) is 7.58. The number of aromatic nitrogens is 1. The molecular weight excluding hydrogens is 512 g/mol. The fourth-order valence-electron chi connectivity index (χ4n) is 3.99. The van der Waals surface area contributed by atoms with Gasteiger partial charge < -0.3 is 25.2 Å². The lowest BCUT2D eigenvalue weighted by atomic mass is 10.1. The third kappa shape index (κ3) is 9.33. The monoisotopic (exact) mass is 543 g/mol. The summed E-state index contributed by atoms with van der Waals surface area (Å²) < 4.78 is 69.7. The van der Waals surface area contributed by atoms with Crippen LogP contribution in [0.25, 0.3) is 0 Å². The Morgan fingerprint density at radius 1 is 1.11 bits per heavy atom. The number of carboxylic acids is 2. The molecule has 2 aliphatic heterocycles. The summed E-state index contributed by atoms with van der Waals surface area (Å²) in [7, 11) is 0. The molecule has 1 saturated carbocycles. The number of anilines is 1. The molecule has 8 nitrogen and oxygen atoms in total. The van der Waals surface area contributed by atoms with Crippen LogP contribution in [0.3, 0.4) is 0 Å². The minimum Gasteiger partial charge on any atom is -0.475 e. The molecule has 3 atom stereocenters. The number of ether oxygens (including phenoxy) is 1. The highest BCUT2D eigenvalue weighted by Crippen LogP contribution is 2.36. The first kappa shape index (κ1) is 30.6. The van der Waals surface area contributed by atoms with E-state index >= 15 is 0 Å². The van der Waals surface area contributed by atoms with E-state index in [9.17, 15) is 26.3 Å². The van der Waals surface area contributed by atoms with Gasteiger partial charge in [0, 0.05) is 25.2 Å². The first-order valence-corrected chi connectivity index (χ1v) is 11.9. The number of nitrogens with zero attached hydrogens (tertiary/aromatic N) is 2. The quantitative estimate of drug-likeness (QED) is 0.455. The van der Waals surface area contributed by atoms with Gasteiger partial charge in [0.25, 0.3) is 0 Å². The van der Waals surface area contributed by atoms with Crippen molar-refractivity contribution in [2.24, 2.45) is 5.92 Å². The zero-order chi connectivity index (χ0) is 28.0. The second-order valence-electron chi connectivity index (χ2n) is 9.15. The van der Waals surface area contributed by atoms with Crippen LogP contribution in [0.4, 0.5) is 32.2 Å². The molecule has 0 bridgehead atoms. The Hall–Kier alpha value is -2.61. The summed E-state index contributed by atoms with van der Waals surface area (Å²) in [6.07, 6.45) is -3.98. The van der Waals surface area contributed by atoms with E-state index in [0.29, 0.717) is 12.1 Å². The number of hydrogen-bond donors (Lipinski definition) is 3. The van der Waals surface area contributed by atoms with Crippen molar-refractivity contribution in [1.29, 1.82) is 0 Å². The van der Waals surface area contributed by atoms with Crippen LogP contribution in [0.1, 0.15) is 56.9 Å². The van der Waals surface area contributed by atoms with Crippen molar-refractivity contribution < 1.29 is 50.9 Å². The van der Waals surface area contributed by atoms with Crippen molar-refractivity contribution in [3.05, 3.63) is 23.4 Å². The van der Waals surface area contributed by atoms with Gasteiger partial charge in [-0.05, 0) is 50.2 Å². The average Bonchev–Trinajstić information content (AvgIpc) is 3.54. The fourth-order valence-corrected chi connectivity index (χ4v) is 3.99. The molecule has 210 valence electrons. The van der Waals surface area contributed by atoms with Crippen molar-refractivity contribution in [2.75, 3.05) is 24.6 Å². The second-order valence-corrected chi connectivity index (χ2v) is 9.15. The molecule has 1 aliphatic carbocycles. The van der Waals surface area contributed by atoms with Gasteiger partial charge in [-0.2, -0.15) is 26.3 Å². The molecule has 37 heavy (non-hydrogen) atoms. The first-order chi connectivity index (χ1) is 17.1. The molecule has 0 amide bonds. The largest absolute Gasteiger partial charge is 0.490 e. The number of fused-ring (bicyclic) bond motifs is 3. The molecule has 4 rings (SSSR count). The number of carbonyl (C=O) groups is 2. The fraction of sp³-hybridized carbons (Fsp3) is 0.696. The molecule has 0 radical (unpaired) electrons. The lowest BCUT2D eigenvalue weighted by Gasteiger charge is -2.38. The Balaban J connectivity index is 0.000000286. The van der Waals surface area contributed by atoms with Crippen LogP contribution >= 0.6 is 0 Å². The van der Waals surface area contributed by atoms with Crippen molar-refractivity contribution in [2.45, 2.75) is 76.5 Å². The SMILES string of the molecule is CCCC(OCC1CC1)c1ccc2c(n1)N1[C@@H](CNC[C@H]1C)C2.O=C(O)C(F)(F)F.O=C(O)C(F)(F)F. The number of nitrogens with one attached hydrogen (secondary N) is 1. The maximum absolute atomic E-state index is 10.6. The summed E-state index contributed by atoms with van der Waals surface area (Å²) >= 11 is 0. The molecule has 3 heterocycles. The van der Waals surface area contributed by atoms with Gasteiger partial charge in [0.15, 0.2) is 0 Å². The third-order valence-corrected chi connectivity index (χ3v) is 5.96. The Morgan fingerprint density at radius 2 is 1.68 bits per heavy atom. The van der Waals surface area contributed by atoms with E-state index in [1.807, 2.05) is 0 Å². The zero-order valence-corrected chi connectivity index (χ0v) is 20.4. The van der Waals surface area contributed by atoms with E-state index in [-0.39, 0.29) is 6.10 Å². The standard InChI is InChI=1S/C19H29N3O.2C2HF3O2/c1-3-4-18(23-12-14-5-6-14)17-8-7-15-9-16-11-20-10-13(2)22(16)19(15)21-17;2*3-2(4,5)1(6)7/h7-8,13-14,16,18,20H,3-6,9-12H2,1-2H3;2*(H,6,7)/t13-,16-,18?;;/m1../s1. The van der Waals surface area contributed by atoms with E-state index in [4.69, 9.17) is 29.5 Å². The number of pyridine rings is 1. The molecule has 1 unspecified atom stereocenters. The highest BCUT2D eigenvalue weighted by Gasteiger charge is 2.39. The molecule has 0 aromatic carbocycles. The van der Waals surface area contributed by atoms with Gasteiger partial charge >= 0.3 is 24.3 Å². The number of halogens is 6. The van der Waals surface area contributed by atoms with E-state index < -0.39 is 24.3 Å². The molecule has 1 saturated heterocycles. The molecule has 14 heteroatoms. The predicted molar refractivity (Wildman–Crippen MR) is 120 cm³/mol. The Kier molecular flexibility index (Phi) is 10.6. The highest BCUT2D eigenvalue weighted by molar-refractivity contribution is 5.73. The molecule has 3 aliphatic rings. The van der Waals surface area contributed by atoms with E-state index in [1.54, 1.807) is 0 Å². The van der Waals surface area contributed by atoms with Gasteiger partial charge in [-0.1, -0.05) is 19.4 Å². The van der Waals surface area contributed by atoms with Crippen LogP contribution in [-0.4, -0.2) is 71.3 Å². The maximum atomic E-state index is 10.6. The van der Waals surface area contributed by atoms with Gasteiger partial charge in [0.05, 0.1) is 18.4 Å². The van der Waals surface area contributed by atoms with E-state index in [2.05, 4.69) is 36.2 Å². The van der Waals surface area contributed by atoms with Crippen LogP contribution in [0, 0.1) is 5.92 Å². The summed E-state index contributed by atoms with van der Waals surface area (Å²) in [5.41, 5.74) is 2.55. The molecule has 0 spiro atoms. The predicted octanol–water partition coefficient (Wildman–Crippen LogP) is 4.34. The molecular formula is C23H31F6N3O5. The van der Waals surface area contributed by atoms with Gasteiger partial charge in [-0.25, -0.2) is 14.6 Å². The summed E-state index contributed by atoms with van der Waals surface area (Å²) in [4.78, 5) is 25.4. The number of aliphatic carboxylic acids is 2. The summed E-state index contributed by atoms with van der Waals surface area (Å²) in [5.74, 6) is -3.49. The maximum Gasteiger partial charge on any atom is 0.490 e. The van der Waals surface area contributed by atoms with Crippen molar-refractivity contribution in [3.8, 4) is 0 Å². The van der Waals surface area contributed by atoms with Crippen LogP contribution in [-0.2, 0) is 20.7 Å². The molecule has 1 aromatic rings. The number of rotatable bonds is 6.